The van der Waals surface area contributed by atoms with Gasteiger partial charge in [0.2, 0.25) is 0 Å². The maximum Gasteiger partial charge on any atom is 0.146 e. The summed E-state index contributed by atoms with van der Waals surface area (Å²) < 4.78 is 10.9. The van der Waals surface area contributed by atoms with Gasteiger partial charge in [-0.25, -0.2) is 0 Å². The van der Waals surface area contributed by atoms with E-state index < -0.39 is 0 Å². The average Bonchev–Trinajstić information content (AvgIpc) is 2.15. The number of ketones is 1. The molecule has 2 bridgehead atoms. The summed E-state index contributed by atoms with van der Waals surface area (Å²) in [5.41, 5.74) is 0. The van der Waals surface area contributed by atoms with Crippen LogP contribution in [0.2, 0.25) is 0 Å². The van der Waals surface area contributed by atoms with Crippen molar-refractivity contribution in [3.05, 3.63) is 0 Å². The number of Topliss-reactive ketones (excluding diaryl/α,β-unsaturated/α-hetero) is 1. The molecule has 14 heavy (non-hydrogen) atoms. The molecule has 0 N–H and O–H groups in total. The summed E-state index contributed by atoms with van der Waals surface area (Å²) in [7, 11) is 0. The number of hydrogen-bond acceptors (Lipinski definition) is 4. The highest BCUT2D eigenvalue weighted by Gasteiger charge is 2.39. The zero-order valence-corrected chi connectivity index (χ0v) is 8.73. The van der Waals surface area contributed by atoms with E-state index in [1.165, 1.54) is 0 Å². The van der Waals surface area contributed by atoms with Gasteiger partial charge in [0, 0.05) is 0 Å². The fourth-order valence-corrected chi connectivity index (χ4v) is 2.26. The number of ether oxygens (including phenoxy) is 2. The zero-order valence-electron chi connectivity index (χ0n) is 8.73. The molecule has 4 nitrogen and oxygen atoms in total. The molecule has 2 heterocycles. The maximum absolute atomic E-state index is 11.4. The normalized spacial score (nSPS) is 35.3. The quantitative estimate of drug-likeness (QED) is 0.630. The van der Waals surface area contributed by atoms with Gasteiger partial charge in [-0.2, -0.15) is 0 Å². The molecule has 0 aromatic rings. The van der Waals surface area contributed by atoms with Gasteiger partial charge in [0.05, 0.1) is 44.6 Å². The Morgan fingerprint density at radius 2 is 1.64 bits per heavy atom. The van der Waals surface area contributed by atoms with Gasteiger partial charge in [0.1, 0.15) is 5.78 Å². The van der Waals surface area contributed by atoms with Gasteiger partial charge in [0.15, 0.2) is 0 Å². The largest absolute Gasteiger partial charge is 0.378 e. The van der Waals surface area contributed by atoms with E-state index in [9.17, 15) is 4.79 Å². The molecule has 0 aromatic carbocycles. The van der Waals surface area contributed by atoms with Crippen molar-refractivity contribution in [1.29, 1.82) is 0 Å². The number of fused-ring (bicyclic) bond motifs is 2. The fourth-order valence-electron chi connectivity index (χ4n) is 2.26. The van der Waals surface area contributed by atoms with E-state index in [4.69, 9.17) is 9.47 Å². The first-order valence-corrected chi connectivity index (χ1v) is 5.13. The Balaban J connectivity index is 2.11. The predicted molar refractivity (Wildman–Crippen MR) is 51.2 cm³/mol. The second kappa shape index (κ2) is 3.96. The van der Waals surface area contributed by atoms with Gasteiger partial charge in [-0.3, -0.25) is 9.69 Å². The van der Waals surface area contributed by atoms with Crippen LogP contribution in [0.4, 0.5) is 0 Å². The molecule has 0 saturated carbocycles. The molecule has 2 fully saturated rings. The van der Waals surface area contributed by atoms with Gasteiger partial charge in [0.25, 0.3) is 0 Å². The van der Waals surface area contributed by atoms with E-state index in [2.05, 4.69) is 4.90 Å². The molecule has 0 aliphatic carbocycles. The third-order valence-electron chi connectivity index (χ3n) is 3.12. The van der Waals surface area contributed by atoms with Crippen LogP contribution in [0, 0.1) is 0 Å². The molecule has 2 aliphatic rings. The van der Waals surface area contributed by atoms with Crippen molar-refractivity contribution in [3.8, 4) is 0 Å². The Labute approximate surface area is 84.2 Å². The molecule has 2 aliphatic heterocycles. The second-order valence-corrected chi connectivity index (χ2v) is 4.12. The molecular formula is C10H17NO3. The highest BCUT2D eigenvalue weighted by molar-refractivity contribution is 5.81. The molecule has 0 radical (unpaired) electrons. The van der Waals surface area contributed by atoms with Crippen LogP contribution >= 0.6 is 0 Å². The van der Waals surface area contributed by atoms with Gasteiger partial charge in [-0.05, 0) is 13.8 Å². The lowest BCUT2D eigenvalue weighted by atomic mass is 10.0. The Morgan fingerprint density at radius 1 is 1.21 bits per heavy atom. The van der Waals surface area contributed by atoms with Crippen LogP contribution in [0.15, 0.2) is 0 Å². The minimum atomic E-state index is -0.00204. The molecule has 1 atom stereocenters. The molecule has 0 amide bonds. The number of morpholine rings is 2. The number of carbonyl (C=O) groups excluding carboxylic acids is 1. The van der Waals surface area contributed by atoms with E-state index in [1.807, 2.05) is 6.92 Å². The molecule has 0 spiro atoms. The molecule has 4 heteroatoms. The maximum atomic E-state index is 11.4. The monoisotopic (exact) mass is 199 g/mol. The Kier molecular flexibility index (Phi) is 2.85. The summed E-state index contributed by atoms with van der Waals surface area (Å²) in [6.07, 6.45) is 0. The Hall–Kier alpha value is -0.450. The van der Waals surface area contributed by atoms with Crippen LogP contribution in [0.3, 0.4) is 0 Å². The molecule has 80 valence electrons. The van der Waals surface area contributed by atoms with Crippen LogP contribution in [-0.4, -0.2) is 55.2 Å². The number of nitrogens with zero attached hydrogens (tertiary/aromatic N) is 1. The summed E-state index contributed by atoms with van der Waals surface area (Å²) in [4.78, 5) is 13.6. The Morgan fingerprint density at radius 3 is 2.00 bits per heavy atom. The third kappa shape index (κ3) is 1.69. The van der Waals surface area contributed by atoms with Crippen molar-refractivity contribution < 1.29 is 14.3 Å². The van der Waals surface area contributed by atoms with Crippen LogP contribution < -0.4 is 0 Å². The first-order valence-electron chi connectivity index (χ1n) is 5.13. The van der Waals surface area contributed by atoms with Crippen LogP contribution in [0.25, 0.3) is 0 Å². The minimum Gasteiger partial charge on any atom is -0.378 e. The second-order valence-electron chi connectivity index (χ2n) is 4.12. The standard InChI is InChI=1S/C10H17NO3/c1-7(8(2)12)11-9-3-13-5-10(11)6-14-4-9/h7,9-10H,3-6H2,1-2H3. The topological polar surface area (TPSA) is 38.8 Å². The SMILES string of the molecule is CC(=O)C(C)N1C2COCC1COC2. The van der Waals surface area contributed by atoms with Gasteiger partial charge in [-0.15, -0.1) is 0 Å². The highest BCUT2D eigenvalue weighted by Crippen LogP contribution is 2.22. The molecule has 0 aromatic heterocycles. The van der Waals surface area contributed by atoms with Crippen molar-refractivity contribution in [2.75, 3.05) is 26.4 Å². The smallest absolute Gasteiger partial charge is 0.146 e. The summed E-state index contributed by atoms with van der Waals surface area (Å²) >= 11 is 0. The zero-order chi connectivity index (χ0) is 10.1. The number of hydrogen-bond donors (Lipinski definition) is 0. The summed E-state index contributed by atoms with van der Waals surface area (Å²) in [6.45, 7) is 6.38. The van der Waals surface area contributed by atoms with E-state index >= 15 is 0 Å². The lowest BCUT2D eigenvalue weighted by Gasteiger charge is -2.47. The van der Waals surface area contributed by atoms with Gasteiger partial charge < -0.3 is 9.47 Å². The van der Waals surface area contributed by atoms with Crippen molar-refractivity contribution in [3.63, 3.8) is 0 Å². The van der Waals surface area contributed by atoms with Crippen LogP contribution in [0.1, 0.15) is 13.8 Å². The van der Waals surface area contributed by atoms with Crippen molar-refractivity contribution in [2.24, 2.45) is 0 Å². The lowest BCUT2D eigenvalue weighted by Crippen LogP contribution is -2.63. The number of carbonyl (C=O) groups is 1. The van der Waals surface area contributed by atoms with Gasteiger partial charge in [-0.1, -0.05) is 0 Å². The van der Waals surface area contributed by atoms with Crippen LogP contribution in [-0.2, 0) is 14.3 Å². The van der Waals surface area contributed by atoms with E-state index in [0.717, 1.165) is 0 Å². The first-order chi connectivity index (χ1) is 6.70. The van der Waals surface area contributed by atoms with Crippen molar-refractivity contribution in [2.45, 2.75) is 32.0 Å². The summed E-state index contributed by atoms with van der Waals surface area (Å²) in [5, 5.41) is 0. The van der Waals surface area contributed by atoms with E-state index in [0.29, 0.717) is 26.4 Å². The molecule has 2 rings (SSSR count). The third-order valence-corrected chi connectivity index (χ3v) is 3.12. The molecule has 1 unspecified atom stereocenters. The average molecular weight is 199 g/mol. The lowest BCUT2D eigenvalue weighted by molar-refractivity contribution is -0.158. The molecular weight excluding hydrogens is 182 g/mol. The van der Waals surface area contributed by atoms with Crippen LogP contribution in [0.5, 0.6) is 0 Å². The van der Waals surface area contributed by atoms with E-state index in [-0.39, 0.29) is 23.9 Å². The number of rotatable bonds is 2. The predicted octanol–water partition coefficient (Wildman–Crippen LogP) is 0.0635. The minimum absolute atomic E-state index is 0.00204. The summed E-state index contributed by atoms with van der Waals surface area (Å²) in [5.74, 6) is 0.226. The molecule has 2 saturated heterocycles. The van der Waals surface area contributed by atoms with Crippen molar-refractivity contribution >= 4 is 5.78 Å². The first kappa shape index (κ1) is 10.1. The summed E-state index contributed by atoms with van der Waals surface area (Å²) in [6, 6.07) is 0.528. The highest BCUT2D eigenvalue weighted by atomic mass is 16.5. The Bertz CT molecular complexity index is 209. The fraction of sp³-hybridized carbons (Fsp3) is 0.900. The van der Waals surface area contributed by atoms with Gasteiger partial charge >= 0.3 is 0 Å². The van der Waals surface area contributed by atoms with E-state index in [1.54, 1.807) is 6.92 Å². The van der Waals surface area contributed by atoms with Crippen molar-refractivity contribution in [1.82, 2.24) is 4.90 Å².